The summed E-state index contributed by atoms with van der Waals surface area (Å²) in [6.45, 7) is 9.04. The number of hydrogen-bond acceptors (Lipinski definition) is 3. The van der Waals surface area contributed by atoms with Crippen molar-refractivity contribution in [2.75, 3.05) is 6.54 Å². The van der Waals surface area contributed by atoms with E-state index in [4.69, 9.17) is 5.73 Å². The first-order valence-electron chi connectivity index (χ1n) is 6.30. The van der Waals surface area contributed by atoms with E-state index in [1.54, 1.807) is 11.1 Å². The molecule has 1 aromatic heterocycles. The van der Waals surface area contributed by atoms with Crippen LogP contribution in [0.15, 0.2) is 24.4 Å². The summed E-state index contributed by atoms with van der Waals surface area (Å²) in [5.41, 5.74) is 6.67. The van der Waals surface area contributed by atoms with E-state index in [9.17, 15) is 4.79 Å². The molecule has 1 atom stereocenters. The molecule has 1 amide bonds. The molecular formula is C14H23N3O. The molecular weight excluding hydrogens is 226 g/mol. The topological polar surface area (TPSA) is 59.2 Å². The highest BCUT2D eigenvalue weighted by atomic mass is 16.2. The third-order valence-electron chi connectivity index (χ3n) is 2.97. The van der Waals surface area contributed by atoms with Crippen LogP contribution in [0, 0.1) is 5.41 Å². The van der Waals surface area contributed by atoms with Gasteiger partial charge in [0, 0.05) is 12.7 Å². The third kappa shape index (κ3) is 3.81. The molecule has 0 aliphatic rings. The number of aromatic nitrogens is 1. The molecule has 0 bridgehead atoms. The number of amides is 1. The van der Waals surface area contributed by atoms with Crippen LogP contribution in [0.4, 0.5) is 0 Å². The lowest BCUT2D eigenvalue weighted by Gasteiger charge is -2.31. The van der Waals surface area contributed by atoms with E-state index < -0.39 is 6.04 Å². The van der Waals surface area contributed by atoms with Gasteiger partial charge in [-0.3, -0.25) is 9.78 Å². The molecule has 0 radical (unpaired) electrons. The molecule has 0 fully saturated rings. The summed E-state index contributed by atoms with van der Waals surface area (Å²) in [5.74, 6) is -0.0179. The van der Waals surface area contributed by atoms with Gasteiger partial charge >= 0.3 is 0 Å². The molecule has 1 rings (SSSR count). The fraction of sp³-hybridized carbons (Fsp3) is 0.571. The summed E-state index contributed by atoms with van der Waals surface area (Å²) in [6, 6.07) is 5.21. The highest BCUT2D eigenvalue weighted by molar-refractivity contribution is 5.82. The van der Waals surface area contributed by atoms with Crippen LogP contribution >= 0.6 is 0 Å². The molecule has 0 spiro atoms. The predicted molar refractivity (Wildman–Crippen MR) is 72.8 cm³/mol. The standard InChI is InChI=1S/C14H23N3O/c1-5-17(10-11-8-6-7-9-16-11)13(18)12(15)14(2,3)4/h6-9,12H,5,10,15H2,1-4H3/t12-/m1/s1. The Labute approximate surface area is 109 Å². The molecule has 1 aromatic rings. The van der Waals surface area contributed by atoms with E-state index in [0.717, 1.165) is 5.69 Å². The fourth-order valence-corrected chi connectivity index (χ4v) is 1.60. The summed E-state index contributed by atoms with van der Waals surface area (Å²) >= 11 is 0. The second kappa shape index (κ2) is 5.96. The molecule has 2 N–H and O–H groups in total. The van der Waals surface area contributed by atoms with Crippen LogP contribution in [0.2, 0.25) is 0 Å². The van der Waals surface area contributed by atoms with Crippen molar-refractivity contribution in [3.8, 4) is 0 Å². The maximum atomic E-state index is 12.3. The minimum absolute atomic E-state index is 0.0179. The first-order valence-corrected chi connectivity index (χ1v) is 6.30. The van der Waals surface area contributed by atoms with Gasteiger partial charge in [-0.25, -0.2) is 0 Å². The number of nitrogens with zero attached hydrogens (tertiary/aromatic N) is 2. The number of pyridine rings is 1. The van der Waals surface area contributed by atoms with E-state index in [1.165, 1.54) is 0 Å². The molecule has 0 unspecified atom stereocenters. The smallest absolute Gasteiger partial charge is 0.240 e. The van der Waals surface area contributed by atoms with Crippen LogP contribution in [-0.2, 0) is 11.3 Å². The zero-order valence-corrected chi connectivity index (χ0v) is 11.7. The summed E-state index contributed by atoms with van der Waals surface area (Å²) in [6.07, 6.45) is 1.73. The number of hydrogen-bond donors (Lipinski definition) is 1. The van der Waals surface area contributed by atoms with Gasteiger partial charge in [0.1, 0.15) is 0 Å². The summed E-state index contributed by atoms with van der Waals surface area (Å²) in [4.78, 5) is 18.3. The van der Waals surface area contributed by atoms with E-state index in [1.807, 2.05) is 45.9 Å². The minimum Gasteiger partial charge on any atom is -0.336 e. The lowest BCUT2D eigenvalue weighted by molar-refractivity contribution is -0.135. The first kappa shape index (κ1) is 14.6. The van der Waals surface area contributed by atoms with Crippen molar-refractivity contribution in [2.45, 2.75) is 40.3 Å². The monoisotopic (exact) mass is 249 g/mol. The van der Waals surface area contributed by atoms with Crippen molar-refractivity contribution in [2.24, 2.45) is 11.1 Å². The number of carbonyl (C=O) groups is 1. The Morgan fingerprint density at radius 2 is 2.11 bits per heavy atom. The Hall–Kier alpha value is -1.42. The van der Waals surface area contributed by atoms with Crippen molar-refractivity contribution in [1.82, 2.24) is 9.88 Å². The molecule has 0 aliphatic heterocycles. The van der Waals surface area contributed by atoms with Crippen molar-refractivity contribution in [3.63, 3.8) is 0 Å². The largest absolute Gasteiger partial charge is 0.336 e. The quantitative estimate of drug-likeness (QED) is 0.885. The first-order chi connectivity index (χ1) is 8.36. The molecule has 4 heteroatoms. The van der Waals surface area contributed by atoms with Crippen LogP contribution in [0.5, 0.6) is 0 Å². The van der Waals surface area contributed by atoms with Crippen LogP contribution in [0.1, 0.15) is 33.4 Å². The SMILES string of the molecule is CCN(Cc1ccccn1)C(=O)[C@@H](N)C(C)(C)C. The van der Waals surface area contributed by atoms with Gasteiger partial charge in [-0.15, -0.1) is 0 Å². The Bertz CT molecular complexity index is 384. The zero-order valence-electron chi connectivity index (χ0n) is 11.7. The number of rotatable bonds is 4. The molecule has 0 saturated heterocycles. The molecule has 1 heterocycles. The molecule has 100 valence electrons. The van der Waals surface area contributed by atoms with Crippen LogP contribution in [-0.4, -0.2) is 28.4 Å². The van der Waals surface area contributed by atoms with Crippen molar-refractivity contribution in [1.29, 1.82) is 0 Å². The maximum absolute atomic E-state index is 12.3. The van der Waals surface area contributed by atoms with Gasteiger partial charge in [-0.05, 0) is 24.5 Å². The van der Waals surface area contributed by atoms with E-state index in [-0.39, 0.29) is 11.3 Å². The van der Waals surface area contributed by atoms with Gasteiger partial charge in [0.05, 0.1) is 18.3 Å². The highest BCUT2D eigenvalue weighted by Crippen LogP contribution is 2.19. The zero-order chi connectivity index (χ0) is 13.8. The average Bonchev–Trinajstić information content (AvgIpc) is 2.34. The third-order valence-corrected chi connectivity index (χ3v) is 2.97. The van der Waals surface area contributed by atoms with Gasteiger partial charge in [-0.1, -0.05) is 26.8 Å². The predicted octanol–water partition coefficient (Wildman–Crippen LogP) is 1.80. The highest BCUT2D eigenvalue weighted by Gasteiger charge is 2.30. The van der Waals surface area contributed by atoms with Crippen LogP contribution < -0.4 is 5.73 Å². The van der Waals surface area contributed by atoms with Crippen LogP contribution in [0.3, 0.4) is 0 Å². The number of nitrogens with two attached hydrogens (primary N) is 1. The lowest BCUT2D eigenvalue weighted by atomic mass is 9.86. The van der Waals surface area contributed by atoms with Gasteiger partial charge in [-0.2, -0.15) is 0 Å². The normalized spacial score (nSPS) is 13.2. The Balaban J connectivity index is 2.75. The maximum Gasteiger partial charge on any atom is 0.240 e. The summed E-state index contributed by atoms with van der Waals surface area (Å²) in [5, 5.41) is 0. The second-order valence-corrected chi connectivity index (χ2v) is 5.52. The summed E-state index contributed by atoms with van der Waals surface area (Å²) in [7, 11) is 0. The van der Waals surface area contributed by atoms with Gasteiger partial charge in [0.2, 0.25) is 5.91 Å². The molecule has 0 saturated carbocycles. The molecule has 0 aliphatic carbocycles. The lowest BCUT2D eigenvalue weighted by Crippen LogP contribution is -2.50. The fourth-order valence-electron chi connectivity index (χ4n) is 1.60. The van der Waals surface area contributed by atoms with Crippen molar-refractivity contribution >= 4 is 5.91 Å². The van der Waals surface area contributed by atoms with E-state index in [0.29, 0.717) is 13.1 Å². The molecule has 0 aromatic carbocycles. The van der Waals surface area contributed by atoms with Crippen LogP contribution in [0.25, 0.3) is 0 Å². The molecule has 18 heavy (non-hydrogen) atoms. The minimum atomic E-state index is -0.485. The van der Waals surface area contributed by atoms with Gasteiger partial charge < -0.3 is 10.6 Å². The van der Waals surface area contributed by atoms with Crippen molar-refractivity contribution < 1.29 is 4.79 Å². The Morgan fingerprint density at radius 1 is 1.44 bits per heavy atom. The number of carbonyl (C=O) groups excluding carboxylic acids is 1. The van der Waals surface area contributed by atoms with Crippen molar-refractivity contribution in [3.05, 3.63) is 30.1 Å². The van der Waals surface area contributed by atoms with E-state index >= 15 is 0 Å². The Kier molecular flexibility index (Phi) is 4.84. The Morgan fingerprint density at radius 3 is 2.56 bits per heavy atom. The molecule has 4 nitrogen and oxygen atoms in total. The number of likely N-dealkylation sites (N-methyl/N-ethyl adjacent to an activating group) is 1. The average molecular weight is 249 g/mol. The second-order valence-electron chi connectivity index (χ2n) is 5.52. The van der Waals surface area contributed by atoms with E-state index in [2.05, 4.69) is 4.98 Å². The van der Waals surface area contributed by atoms with Gasteiger partial charge in [0.15, 0.2) is 0 Å². The van der Waals surface area contributed by atoms with Gasteiger partial charge in [0.25, 0.3) is 0 Å². The summed E-state index contributed by atoms with van der Waals surface area (Å²) < 4.78 is 0.